The lowest BCUT2D eigenvalue weighted by molar-refractivity contribution is -0.161. The molecule has 0 spiro atoms. The Labute approximate surface area is 522 Å². The first-order valence-electron chi connectivity index (χ1n) is 37.3. The zero-order valence-corrected chi connectivity index (χ0v) is 57.1. The van der Waals surface area contributed by atoms with Crippen LogP contribution in [-0.4, -0.2) is 49.3 Å². The Hall–Kier alpha value is -1.51. The number of hydrogen-bond acceptors (Lipinski definition) is 8. The standard InChI is InChI=1S/C74H144NO8P/c1-3-5-7-9-11-13-15-17-19-21-23-25-27-28-29-30-31-32-33-34-35-36-37-38-39-40-41-42-43-44-45-47-49-51-53-55-57-59-61-63-65-67-74(77)83-72(71-82-84(78,79)81-69-68-75)70-80-73(76)66-64-62-60-58-56-54-52-50-48-46-26-24-22-20-18-16-14-12-10-8-6-4-2/h15,17,21,23,72H,3-14,16,18-20,22,24-71,75H2,1-2H3,(H,78,79)/b17-15-,23-21-. The van der Waals surface area contributed by atoms with Crippen molar-refractivity contribution in [3.63, 3.8) is 0 Å². The van der Waals surface area contributed by atoms with Crippen LogP contribution in [0, 0.1) is 0 Å². The molecule has 498 valence electrons. The second-order valence-electron chi connectivity index (χ2n) is 25.5. The molecule has 0 saturated heterocycles. The summed E-state index contributed by atoms with van der Waals surface area (Å²) < 4.78 is 33.2. The Morgan fingerprint density at radius 1 is 0.357 bits per heavy atom. The summed E-state index contributed by atoms with van der Waals surface area (Å²) in [6.45, 7) is 3.82. The molecule has 0 aromatic carbocycles. The maximum Gasteiger partial charge on any atom is 0.472 e. The quantitative estimate of drug-likeness (QED) is 0.0264. The van der Waals surface area contributed by atoms with Crippen LogP contribution < -0.4 is 5.73 Å². The lowest BCUT2D eigenvalue weighted by atomic mass is 10.0. The van der Waals surface area contributed by atoms with E-state index in [0.717, 1.165) is 38.5 Å². The number of carbonyl (C=O) groups excluding carboxylic acids is 2. The van der Waals surface area contributed by atoms with Gasteiger partial charge in [-0.15, -0.1) is 0 Å². The molecule has 0 radical (unpaired) electrons. The van der Waals surface area contributed by atoms with Gasteiger partial charge < -0.3 is 20.1 Å². The predicted molar refractivity (Wildman–Crippen MR) is 363 cm³/mol. The Balaban J connectivity index is 3.72. The van der Waals surface area contributed by atoms with Crippen molar-refractivity contribution in [3.05, 3.63) is 24.3 Å². The van der Waals surface area contributed by atoms with Gasteiger partial charge in [0.25, 0.3) is 0 Å². The summed E-state index contributed by atoms with van der Waals surface area (Å²) >= 11 is 0. The van der Waals surface area contributed by atoms with Crippen molar-refractivity contribution in [2.45, 2.75) is 412 Å². The maximum atomic E-state index is 12.8. The van der Waals surface area contributed by atoms with Crippen molar-refractivity contribution in [1.29, 1.82) is 0 Å². The number of rotatable bonds is 72. The smallest absolute Gasteiger partial charge is 0.462 e. The molecule has 0 aliphatic heterocycles. The van der Waals surface area contributed by atoms with E-state index in [2.05, 4.69) is 38.2 Å². The number of phosphoric acid groups is 1. The monoisotopic (exact) mass is 1210 g/mol. The van der Waals surface area contributed by atoms with Crippen LogP contribution in [-0.2, 0) is 32.7 Å². The molecule has 0 aromatic rings. The zero-order chi connectivity index (χ0) is 60.9. The minimum absolute atomic E-state index is 0.0578. The van der Waals surface area contributed by atoms with Crippen molar-refractivity contribution in [3.8, 4) is 0 Å². The van der Waals surface area contributed by atoms with Gasteiger partial charge in [-0.1, -0.05) is 372 Å². The van der Waals surface area contributed by atoms with Crippen LogP contribution in [0.15, 0.2) is 24.3 Å². The number of allylic oxidation sites excluding steroid dienone is 4. The van der Waals surface area contributed by atoms with Crippen LogP contribution in [0.3, 0.4) is 0 Å². The number of esters is 2. The first-order valence-corrected chi connectivity index (χ1v) is 38.8. The summed E-state index contributed by atoms with van der Waals surface area (Å²) in [5.74, 6) is -0.800. The predicted octanol–water partition coefficient (Wildman–Crippen LogP) is 24.5. The van der Waals surface area contributed by atoms with Crippen LogP contribution in [0.1, 0.15) is 406 Å². The highest BCUT2D eigenvalue weighted by atomic mass is 31.2. The summed E-state index contributed by atoms with van der Waals surface area (Å²) in [5.41, 5.74) is 5.40. The molecular weight excluding hydrogens is 1060 g/mol. The summed E-state index contributed by atoms with van der Waals surface area (Å²) in [4.78, 5) is 35.4. The fraction of sp³-hybridized carbons (Fsp3) is 0.919. The van der Waals surface area contributed by atoms with Crippen molar-refractivity contribution in [2.24, 2.45) is 5.73 Å². The third-order valence-corrected chi connectivity index (χ3v) is 18.1. The molecule has 0 bridgehead atoms. The van der Waals surface area contributed by atoms with Crippen LogP contribution in [0.4, 0.5) is 0 Å². The van der Waals surface area contributed by atoms with Crippen LogP contribution >= 0.6 is 7.82 Å². The van der Waals surface area contributed by atoms with E-state index in [1.165, 1.54) is 334 Å². The van der Waals surface area contributed by atoms with E-state index >= 15 is 0 Å². The lowest BCUT2D eigenvalue weighted by Gasteiger charge is -2.19. The number of ether oxygens (including phenoxy) is 2. The SMILES string of the molecule is CCCCCCC/C=C\C/C=C\CCCCCCCCCCCCCCCCCCCCCCCCCCCCCCCC(=O)OC(COC(=O)CCCCCCCCCCCCCCCCCCCCCCCC)COP(=O)(O)OCCN. The molecule has 0 aromatic heterocycles. The van der Waals surface area contributed by atoms with Gasteiger partial charge in [0.15, 0.2) is 6.10 Å². The molecule has 0 aliphatic carbocycles. The second-order valence-corrected chi connectivity index (χ2v) is 27.0. The molecule has 0 amide bonds. The largest absolute Gasteiger partial charge is 0.472 e. The number of carbonyl (C=O) groups is 2. The Morgan fingerprint density at radius 2 is 0.619 bits per heavy atom. The Kier molecular flexibility index (Phi) is 69.3. The van der Waals surface area contributed by atoms with Gasteiger partial charge in [0, 0.05) is 19.4 Å². The summed E-state index contributed by atoms with van der Waals surface area (Å²) in [6.07, 6.45) is 87.4. The molecule has 10 heteroatoms. The molecule has 0 aliphatic rings. The zero-order valence-electron chi connectivity index (χ0n) is 56.2. The van der Waals surface area contributed by atoms with Gasteiger partial charge in [-0.2, -0.15) is 0 Å². The second kappa shape index (κ2) is 70.6. The van der Waals surface area contributed by atoms with Crippen LogP contribution in [0.2, 0.25) is 0 Å². The topological polar surface area (TPSA) is 134 Å². The molecule has 84 heavy (non-hydrogen) atoms. The molecule has 0 fully saturated rings. The number of phosphoric ester groups is 1. The molecule has 0 saturated carbocycles. The van der Waals surface area contributed by atoms with E-state index in [-0.39, 0.29) is 38.6 Å². The number of nitrogens with two attached hydrogens (primary N) is 1. The highest BCUT2D eigenvalue weighted by molar-refractivity contribution is 7.47. The van der Waals surface area contributed by atoms with E-state index in [9.17, 15) is 19.0 Å². The molecule has 9 nitrogen and oxygen atoms in total. The minimum atomic E-state index is -4.39. The average Bonchev–Trinajstić information content (AvgIpc) is 3.55. The maximum absolute atomic E-state index is 12.8. The molecule has 3 N–H and O–H groups in total. The highest BCUT2D eigenvalue weighted by Crippen LogP contribution is 2.43. The fourth-order valence-electron chi connectivity index (χ4n) is 11.6. The van der Waals surface area contributed by atoms with E-state index in [1.54, 1.807) is 0 Å². The fourth-order valence-corrected chi connectivity index (χ4v) is 12.3. The first-order chi connectivity index (χ1) is 41.3. The average molecular weight is 1210 g/mol. The van der Waals surface area contributed by atoms with Crippen LogP contribution in [0.25, 0.3) is 0 Å². The third-order valence-electron chi connectivity index (χ3n) is 17.1. The Morgan fingerprint density at radius 3 is 0.905 bits per heavy atom. The summed E-state index contributed by atoms with van der Waals surface area (Å²) in [7, 11) is -4.39. The van der Waals surface area contributed by atoms with E-state index < -0.39 is 26.5 Å². The van der Waals surface area contributed by atoms with Gasteiger partial charge in [0.05, 0.1) is 13.2 Å². The van der Waals surface area contributed by atoms with Crippen molar-refractivity contribution in [2.75, 3.05) is 26.4 Å². The van der Waals surface area contributed by atoms with Crippen molar-refractivity contribution >= 4 is 19.8 Å². The molecular formula is C74H144NO8P. The van der Waals surface area contributed by atoms with Gasteiger partial charge in [0.2, 0.25) is 0 Å². The minimum Gasteiger partial charge on any atom is -0.462 e. The van der Waals surface area contributed by atoms with Gasteiger partial charge in [-0.25, -0.2) is 4.57 Å². The summed E-state index contributed by atoms with van der Waals surface area (Å²) in [6, 6.07) is 0. The molecule has 0 heterocycles. The Bertz CT molecular complexity index is 1430. The highest BCUT2D eigenvalue weighted by Gasteiger charge is 2.26. The van der Waals surface area contributed by atoms with Crippen molar-refractivity contribution in [1.82, 2.24) is 0 Å². The van der Waals surface area contributed by atoms with Gasteiger partial charge in [0.1, 0.15) is 6.61 Å². The summed E-state index contributed by atoms with van der Waals surface area (Å²) in [5, 5.41) is 0. The molecule has 2 unspecified atom stereocenters. The van der Waals surface area contributed by atoms with Gasteiger partial charge in [-0.3, -0.25) is 18.6 Å². The van der Waals surface area contributed by atoms with E-state index in [4.69, 9.17) is 24.3 Å². The molecule has 2 atom stereocenters. The molecule has 0 rings (SSSR count). The third kappa shape index (κ3) is 69.6. The number of unbranched alkanes of at least 4 members (excludes halogenated alkanes) is 55. The van der Waals surface area contributed by atoms with Gasteiger partial charge in [-0.05, 0) is 44.9 Å². The van der Waals surface area contributed by atoms with Crippen molar-refractivity contribution < 1.29 is 37.6 Å². The first kappa shape index (κ1) is 82.5. The normalized spacial score (nSPS) is 13.0. The lowest BCUT2D eigenvalue weighted by Crippen LogP contribution is -2.29. The van der Waals surface area contributed by atoms with E-state index in [1.807, 2.05) is 0 Å². The van der Waals surface area contributed by atoms with E-state index in [0.29, 0.717) is 6.42 Å². The number of hydrogen-bond donors (Lipinski definition) is 2. The van der Waals surface area contributed by atoms with Crippen LogP contribution in [0.5, 0.6) is 0 Å². The van der Waals surface area contributed by atoms with Gasteiger partial charge >= 0.3 is 19.8 Å².